The number of amides is 1. The van der Waals surface area contributed by atoms with Crippen molar-refractivity contribution in [2.45, 2.75) is 12.8 Å². The molecule has 1 amide bonds. The van der Waals surface area contributed by atoms with Gasteiger partial charge in [-0.2, -0.15) is 5.26 Å². The Morgan fingerprint density at radius 2 is 1.81 bits per heavy atom. The first kappa shape index (κ1) is 24.7. The van der Waals surface area contributed by atoms with Crippen LogP contribution in [0, 0.1) is 18.3 Å². The van der Waals surface area contributed by atoms with E-state index in [2.05, 4.69) is 37.2 Å². The lowest BCUT2D eigenvalue weighted by Gasteiger charge is -2.17. The number of hydrogen-bond donors (Lipinski definition) is 4. The Morgan fingerprint density at radius 3 is 2.50 bits per heavy atom. The maximum atomic E-state index is 12.2. The lowest BCUT2D eigenvalue weighted by molar-refractivity contribution is 0.0957. The minimum Gasteiger partial charge on any atom is -0.393 e. The predicted octanol–water partition coefficient (Wildman–Crippen LogP) is 5.23. The van der Waals surface area contributed by atoms with Crippen molar-refractivity contribution in [1.82, 2.24) is 20.4 Å². The van der Waals surface area contributed by atoms with Gasteiger partial charge in [0.2, 0.25) is 0 Å². The monoisotopic (exact) mass is 518 g/mol. The summed E-state index contributed by atoms with van der Waals surface area (Å²) in [6.07, 6.45) is 2.81. The fourth-order valence-electron chi connectivity index (χ4n) is 3.44. The number of halogens is 2. The van der Waals surface area contributed by atoms with Crippen LogP contribution in [0.25, 0.3) is 0 Å². The van der Waals surface area contributed by atoms with Crippen molar-refractivity contribution in [2.75, 3.05) is 16.5 Å². The summed E-state index contributed by atoms with van der Waals surface area (Å²) in [4.78, 5) is 24.5. The van der Waals surface area contributed by atoms with E-state index in [1.54, 1.807) is 48.5 Å². The number of aromatic nitrogens is 3. The number of nitrogens with two attached hydrogens (primary N) is 1. The van der Waals surface area contributed by atoms with Crippen molar-refractivity contribution < 1.29 is 4.79 Å². The van der Waals surface area contributed by atoms with Crippen LogP contribution in [0.3, 0.4) is 0 Å². The molecule has 36 heavy (non-hydrogen) atoms. The van der Waals surface area contributed by atoms with Gasteiger partial charge >= 0.3 is 0 Å². The minimum absolute atomic E-state index is 0.175. The number of carbonyl (C=O) groups excluding carboxylic acids is 1. The molecule has 180 valence electrons. The van der Waals surface area contributed by atoms with Gasteiger partial charge in [0, 0.05) is 21.9 Å². The van der Waals surface area contributed by atoms with E-state index in [1.165, 1.54) is 12.5 Å². The van der Waals surface area contributed by atoms with Crippen LogP contribution in [0.15, 0.2) is 67.1 Å². The Bertz CT molecular complexity index is 1440. The van der Waals surface area contributed by atoms with Gasteiger partial charge in [0.25, 0.3) is 5.91 Å². The second kappa shape index (κ2) is 10.9. The Kier molecular flexibility index (Phi) is 7.49. The number of anilines is 4. The quantitative estimate of drug-likeness (QED) is 0.244. The lowest BCUT2D eigenvalue weighted by atomic mass is 9.91. The molecule has 1 atom stereocenters. The van der Waals surface area contributed by atoms with Gasteiger partial charge in [0.05, 0.1) is 12.0 Å². The number of hydrazine groups is 1. The first-order valence-electron chi connectivity index (χ1n) is 10.7. The van der Waals surface area contributed by atoms with Crippen LogP contribution < -0.4 is 21.9 Å². The standard InChI is InChI=1S/C25H20Cl2N8O/c1-14-10-17(18(12-28)15-5-7-16(26)8-6-15)19(27)11-21(14)33-23-22(29)24(32-13-31-23)34-35-25(36)20-4-2-3-9-30-20/h2-11,13,18H,29H2,1H3,(H,35,36)(H2,31,32,33,34). The van der Waals surface area contributed by atoms with Gasteiger partial charge in [0.15, 0.2) is 11.6 Å². The molecule has 4 aromatic rings. The molecule has 0 aliphatic carbocycles. The minimum atomic E-state index is -0.565. The topological polar surface area (TPSA) is 142 Å². The molecule has 2 aromatic heterocycles. The van der Waals surface area contributed by atoms with E-state index in [1.807, 2.05) is 13.0 Å². The SMILES string of the molecule is Cc1cc(C(C#N)c2ccc(Cl)cc2)c(Cl)cc1Nc1ncnc(NNC(=O)c2ccccn2)c1N. The highest BCUT2D eigenvalue weighted by Crippen LogP contribution is 2.36. The van der Waals surface area contributed by atoms with Crippen LogP contribution in [0.1, 0.15) is 33.1 Å². The number of aryl methyl sites for hydroxylation is 1. The van der Waals surface area contributed by atoms with Crippen LogP contribution in [0.5, 0.6) is 0 Å². The van der Waals surface area contributed by atoms with Crippen LogP contribution in [0.4, 0.5) is 23.0 Å². The maximum Gasteiger partial charge on any atom is 0.288 e. The van der Waals surface area contributed by atoms with Gasteiger partial charge in [-0.05, 0) is 53.9 Å². The van der Waals surface area contributed by atoms with Gasteiger partial charge in [-0.3, -0.25) is 20.6 Å². The largest absolute Gasteiger partial charge is 0.393 e. The summed E-state index contributed by atoms with van der Waals surface area (Å²) in [7, 11) is 0. The second-order valence-electron chi connectivity index (χ2n) is 7.71. The van der Waals surface area contributed by atoms with Crippen molar-refractivity contribution in [3.05, 3.63) is 99.6 Å². The van der Waals surface area contributed by atoms with Gasteiger partial charge in [-0.1, -0.05) is 47.5 Å². The highest BCUT2D eigenvalue weighted by molar-refractivity contribution is 6.32. The Hall–Kier alpha value is -4.39. The van der Waals surface area contributed by atoms with Gasteiger partial charge < -0.3 is 11.1 Å². The van der Waals surface area contributed by atoms with Crippen molar-refractivity contribution in [1.29, 1.82) is 5.26 Å². The molecule has 1 unspecified atom stereocenters. The highest BCUT2D eigenvalue weighted by Gasteiger charge is 2.19. The zero-order valence-electron chi connectivity index (χ0n) is 19.0. The number of carbonyl (C=O) groups is 1. The van der Waals surface area contributed by atoms with Crippen LogP contribution >= 0.6 is 23.2 Å². The Morgan fingerprint density at radius 1 is 1.06 bits per heavy atom. The molecule has 11 heteroatoms. The predicted molar refractivity (Wildman–Crippen MR) is 140 cm³/mol. The number of nitriles is 1. The smallest absolute Gasteiger partial charge is 0.288 e. The van der Waals surface area contributed by atoms with Gasteiger partial charge in [-0.25, -0.2) is 9.97 Å². The summed E-state index contributed by atoms with van der Waals surface area (Å²) in [6.45, 7) is 1.88. The van der Waals surface area contributed by atoms with Crippen LogP contribution in [0.2, 0.25) is 10.0 Å². The third kappa shape index (κ3) is 5.46. The molecular formula is C25H20Cl2N8O. The molecule has 0 saturated carbocycles. The summed E-state index contributed by atoms with van der Waals surface area (Å²) >= 11 is 12.6. The lowest BCUT2D eigenvalue weighted by Crippen LogP contribution is -2.31. The molecular weight excluding hydrogens is 499 g/mol. The summed E-state index contributed by atoms with van der Waals surface area (Å²) in [5.41, 5.74) is 14.7. The zero-order valence-corrected chi connectivity index (χ0v) is 20.5. The molecule has 0 spiro atoms. The van der Waals surface area contributed by atoms with E-state index >= 15 is 0 Å². The number of nitrogen functional groups attached to an aromatic ring is 1. The number of hydrogen-bond acceptors (Lipinski definition) is 8. The molecule has 9 nitrogen and oxygen atoms in total. The number of benzene rings is 2. The fraction of sp³-hybridized carbons (Fsp3) is 0.0800. The normalized spacial score (nSPS) is 11.3. The molecule has 5 N–H and O–H groups in total. The average molecular weight is 519 g/mol. The highest BCUT2D eigenvalue weighted by atomic mass is 35.5. The third-order valence-corrected chi connectivity index (χ3v) is 5.90. The third-order valence-electron chi connectivity index (χ3n) is 5.32. The van der Waals surface area contributed by atoms with Crippen molar-refractivity contribution >= 4 is 52.1 Å². The zero-order chi connectivity index (χ0) is 25.7. The first-order chi connectivity index (χ1) is 17.4. The Labute approximate surface area is 217 Å². The molecule has 0 fully saturated rings. The fourth-order valence-corrected chi connectivity index (χ4v) is 3.84. The van der Waals surface area contributed by atoms with Gasteiger partial charge in [-0.15, -0.1) is 0 Å². The van der Waals surface area contributed by atoms with Crippen molar-refractivity contribution in [3.8, 4) is 6.07 Å². The molecule has 0 aliphatic rings. The van der Waals surface area contributed by atoms with E-state index in [0.29, 0.717) is 27.1 Å². The first-order valence-corrected chi connectivity index (χ1v) is 11.4. The van der Waals surface area contributed by atoms with Crippen LogP contribution in [-0.4, -0.2) is 20.9 Å². The molecule has 0 aliphatic heterocycles. The van der Waals surface area contributed by atoms with Crippen LogP contribution in [-0.2, 0) is 0 Å². The van der Waals surface area contributed by atoms with E-state index in [4.69, 9.17) is 28.9 Å². The molecule has 2 aromatic carbocycles. The number of nitrogens with one attached hydrogen (secondary N) is 3. The van der Waals surface area contributed by atoms with E-state index in [0.717, 1.165) is 11.1 Å². The van der Waals surface area contributed by atoms with E-state index in [-0.39, 0.29) is 17.2 Å². The molecule has 0 saturated heterocycles. The maximum absolute atomic E-state index is 12.2. The average Bonchev–Trinajstić information content (AvgIpc) is 2.89. The molecule has 2 heterocycles. The summed E-state index contributed by atoms with van der Waals surface area (Å²) in [6, 6.07) is 17.9. The molecule has 0 radical (unpaired) electrons. The number of nitrogens with zero attached hydrogens (tertiary/aromatic N) is 4. The number of pyridine rings is 1. The van der Waals surface area contributed by atoms with E-state index in [9.17, 15) is 10.1 Å². The van der Waals surface area contributed by atoms with Crippen molar-refractivity contribution in [2.24, 2.45) is 0 Å². The molecule has 0 bridgehead atoms. The van der Waals surface area contributed by atoms with Crippen molar-refractivity contribution in [3.63, 3.8) is 0 Å². The summed E-state index contributed by atoms with van der Waals surface area (Å²) in [5.74, 6) is -0.510. The second-order valence-corrected chi connectivity index (χ2v) is 8.55. The van der Waals surface area contributed by atoms with E-state index < -0.39 is 11.8 Å². The number of rotatable bonds is 7. The Balaban J connectivity index is 1.54. The van der Waals surface area contributed by atoms with Gasteiger partial charge in [0.1, 0.15) is 17.7 Å². The summed E-state index contributed by atoms with van der Waals surface area (Å²) < 4.78 is 0. The summed E-state index contributed by atoms with van der Waals surface area (Å²) in [5, 5.41) is 14.0. The molecule has 4 rings (SSSR count).